The number of carbonyl (C=O) groups excluding carboxylic acids is 1. The van der Waals surface area contributed by atoms with Crippen LogP contribution in [0, 0.1) is 6.92 Å². The average Bonchev–Trinajstić information content (AvgIpc) is 3.15. The molecule has 1 aliphatic heterocycles. The van der Waals surface area contributed by atoms with Gasteiger partial charge in [0.1, 0.15) is 0 Å². The number of thioether (sulfide) groups is 1. The Morgan fingerprint density at radius 2 is 2.00 bits per heavy atom. The first-order valence-corrected chi connectivity index (χ1v) is 10.8. The van der Waals surface area contributed by atoms with Crippen LogP contribution in [0.15, 0.2) is 65.6 Å². The van der Waals surface area contributed by atoms with Crippen LogP contribution in [-0.4, -0.2) is 17.7 Å². The third-order valence-corrected chi connectivity index (χ3v) is 6.80. The van der Waals surface area contributed by atoms with E-state index in [9.17, 15) is 4.79 Å². The third kappa shape index (κ3) is 4.04. The molecule has 27 heavy (non-hydrogen) atoms. The Hall–Kier alpha value is -2.24. The zero-order valence-corrected chi connectivity index (χ0v) is 17.1. The second-order valence-electron chi connectivity index (χ2n) is 6.82. The highest BCUT2D eigenvalue weighted by Gasteiger charge is 2.24. The predicted molar refractivity (Wildman–Crippen MR) is 115 cm³/mol. The summed E-state index contributed by atoms with van der Waals surface area (Å²) in [5.41, 5.74) is 3.56. The van der Waals surface area contributed by atoms with Crippen LogP contribution in [0.4, 0.5) is 10.7 Å². The molecule has 1 amide bonds. The molecule has 1 atom stereocenters. The van der Waals surface area contributed by atoms with Crippen molar-refractivity contribution in [3.05, 3.63) is 76.7 Å². The van der Waals surface area contributed by atoms with E-state index in [0.29, 0.717) is 11.8 Å². The van der Waals surface area contributed by atoms with Gasteiger partial charge in [-0.3, -0.25) is 4.79 Å². The number of para-hydroxylation sites is 1. The van der Waals surface area contributed by atoms with E-state index in [1.807, 2.05) is 30.0 Å². The molecule has 0 aliphatic carbocycles. The van der Waals surface area contributed by atoms with Crippen molar-refractivity contribution in [1.29, 1.82) is 0 Å². The lowest BCUT2D eigenvalue weighted by atomic mass is 10.1. The van der Waals surface area contributed by atoms with E-state index in [2.05, 4.69) is 66.5 Å². The Kier molecular flexibility index (Phi) is 5.23. The second-order valence-corrected chi connectivity index (χ2v) is 9.36. The fourth-order valence-corrected chi connectivity index (χ4v) is 5.34. The van der Waals surface area contributed by atoms with E-state index < -0.39 is 0 Å². The van der Waals surface area contributed by atoms with Crippen molar-refractivity contribution >= 4 is 39.7 Å². The van der Waals surface area contributed by atoms with Crippen molar-refractivity contribution in [2.24, 2.45) is 0 Å². The topological polar surface area (TPSA) is 32.3 Å². The lowest BCUT2D eigenvalue weighted by Crippen LogP contribution is -2.28. The predicted octanol–water partition coefficient (Wildman–Crippen LogP) is 5.62. The van der Waals surface area contributed by atoms with Crippen LogP contribution in [0.2, 0.25) is 0 Å². The average molecular weight is 395 g/mol. The van der Waals surface area contributed by atoms with Crippen LogP contribution < -0.4 is 10.2 Å². The summed E-state index contributed by atoms with van der Waals surface area (Å²) in [5, 5.41) is 4.67. The van der Waals surface area contributed by atoms with Crippen molar-refractivity contribution in [3.8, 4) is 0 Å². The Morgan fingerprint density at radius 1 is 1.15 bits per heavy atom. The molecule has 138 valence electrons. The van der Waals surface area contributed by atoms with Crippen LogP contribution in [0.5, 0.6) is 0 Å². The van der Waals surface area contributed by atoms with E-state index in [0.717, 1.165) is 22.0 Å². The highest BCUT2D eigenvalue weighted by Crippen LogP contribution is 2.43. The first-order valence-electron chi connectivity index (χ1n) is 9.07. The van der Waals surface area contributed by atoms with Gasteiger partial charge in [0.15, 0.2) is 0 Å². The molecule has 0 spiro atoms. The number of hydrogen-bond acceptors (Lipinski definition) is 4. The Labute approximate surface area is 168 Å². The summed E-state index contributed by atoms with van der Waals surface area (Å²) < 4.78 is 0. The molecule has 0 fully saturated rings. The van der Waals surface area contributed by atoms with Crippen molar-refractivity contribution in [2.75, 3.05) is 11.4 Å². The number of hydrogen-bond donors (Lipinski definition) is 1. The van der Waals surface area contributed by atoms with Gasteiger partial charge in [-0.1, -0.05) is 48.9 Å². The summed E-state index contributed by atoms with van der Waals surface area (Å²) in [6.45, 7) is 5.81. The molecule has 0 saturated heterocycles. The standard InChI is InChI=1S/C22H22N2OS2/c1-15-6-5-7-17(12-15)13-23-22(25)20-10-11-21(27-20)24-14-16(2)26-19-9-4-3-8-18(19)24/h3-12,16H,13-14H2,1-2H3,(H,23,25). The molecule has 0 bridgehead atoms. The Bertz CT molecular complexity index is 966. The smallest absolute Gasteiger partial charge is 0.261 e. The minimum atomic E-state index is -0.0134. The summed E-state index contributed by atoms with van der Waals surface area (Å²) in [4.78, 5) is 17.0. The fraction of sp³-hybridized carbons (Fsp3) is 0.227. The molecule has 1 aliphatic rings. The number of rotatable bonds is 4. The van der Waals surface area contributed by atoms with Crippen LogP contribution in [0.25, 0.3) is 0 Å². The quantitative estimate of drug-likeness (QED) is 0.623. The van der Waals surface area contributed by atoms with Crippen molar-refractivity contribution in [3.63, 3.8) is 0 Å². The molecule has 1 unspecified atom stereocenters. The Morgan fingerprint density at radius 3 is 2.85 bits per heavy atom. The minimum absolute atomic E-state index is 0.0134. The Balaban J connectivity index is 1.49. The maximum atomic E-state index is 12.6. The van der Waals surface area contributed by atoms with Gasteiger partial charge in [0.2, 0.25) is 0 Å². The van der Waals surface area contributed by atoms with Crippen LogP contribution >= 0.6 is 23.1 Å². The highest BCUT2D eigenvalue weighted by atomic mass is 32.2. The van der Waals surface area contributed by atoms with Crippen LogP contribution in [-0.2, 0) is 6.54 Å². The molecule has 3 nitrogen and oxygen atoms in total. The van der Waals surface area contributed by atoms with Gasteiger partial charge < -0.3 is 10.2 Å². The normalized spacial score (nSPS) is 16.1. The van der Waals surface area contributed by atoms with Gasteiger partial charge in [-0.2, -0.15) is 0 Å². The molecule has 0 saturated carbocycles. The minimum Gasteiger partial charge on any atom is -0.347 e. The maximum absolute atomic E-state index is 12.6. The van der Waals surface area contributed by atoms with Gasteiger partial charge >= 0.3 is 0 Å². The SMILES string of the molecule is Cc1cccc(CNC(=O)c2ccc(N3CC(C)Sc4ccccc43)s2)c1. The summed E-state index contributed by atoms with van der Waals surface area (Å²) in [5.74, 6) is -0.0134. The number of nitrogens with one attached hydrogen (secondary N) is 1. The third-order valence-electron chi connectivity index (χ3n) is 4.54. The summed E-state index contributed by atoms with van der Waals surface area (Å²) in [6, 6.07) is 20.7. The summed E-state index contributed by atoms with van der Waals surface area (Å²) in [7, 11) is 0. The number of fused-ring (bicyclic) bond motifs is 1. The molecule has 2 aromatic carbocycles. The van der Waals surface area contributed by atoms with Gasteiger partial charge in [-0.05, 0) is 36.8 Å². The van der Waals surface area contributed by atoms with E-state index >= 15 is 0 Å². The monoisotopic (exact) mass is 394 g/mol. The molecule has 2 heterocycles. The zero-order chi connectivity index (χ0) is 18.8. The fourth-order valence-electron chi connectivity index (χ4n) is 3.28. The first kappa shape index (κ1) is 18.1. The number of benzene rings is 2. The largest absolute Gasteiger partial charge is 0.347 e. The van der Waals surface area contributed by atoms with Crippen LogP contribution in [0.3, 0.4) is 0 Å². The maximum Gasteiger partial charge on any atom is 0.261 e. The summed E-state index contributed by atoms with van der Waals surface area (Å²) >= 11 is 3.47. The number of nitrogens with zero attached hydrogens (tertiary/aromatic N) is 1. The van der Waals surface area contributed by atoms with Gasteiger partial charge in [-0.25, -0.2) is 0 Å². The molecular formula is C22H22N2OS2. The molecule has 5 heteroatoms. The van der Waals surface area contributed by atoms with Gasteiger partial charge in [0.05, 0.1) is 15.6 Å². The number of aryl methyl sites for hydroxylation is 1. The lowest BCUT2D eigenvalue weighted by molar-refractivity contribution is 0.0955. The van der Waals surface area contributed by atoms with E-state index in [-0.39, 0.29) is 5.91 Å². The van der Waals surface area contributed by atoms with Crippen molar-refractivity contribution in [2.45, 2.75) is 30.5 Å². The number of amides is 1. The van der Waals surface area contributed by atoms with E-state index in [1.54, 1.807) is 11.3 Å². The second kappa shape index (κ2) is 7.79. The molecule has 4 rings (SSSR count). The van der Waals surface area contributed by atoms with Gasteiger partial charge in [0, 0.05) is 23.2 Å². The molecule has 1 aromatic heterocycles. The number of carbonyl (C=O) groups is 1. The zero-order valence-electron chi connectivity index (χ0n) is 15.4. The lowest BCUT2D eigenvalue weighted by Gasteiger charge is -2.33. The summed E-state index contributed by atoms with van der Waals surface area (Å²) in [6.07, 6.45) is 0. The van der Waals surface area contributed by atoms with E-state index in [4.69, 9.17) is 0 Å². The molecule has 3 aromatic rings. The number of thiophene rings is 1. The molecule has 1 N–H and O–H groups in total. The first-order chi connectivity index (χ1) is 13.1. The molecular weight excluding hydrogens is 372 g/mol. The van der Waals surface area contributed by atoms with Crippen molar-refractivity contribution < 1.29 is 4.79 Å². The van der Waals surface area contributed by atoms with E-state index in [1.165, 1.54) is 16.1 Å². The highest BCUT2D eigenvalue weighted by molar-refractivity contribution is 8.00. The van der Waals surface area contributed by atoms with Crippen molar-refractivity contribution in [1.82, 2.24) is 5.32 Å². The van der Waals surface area contributed by atoms with Gasteiger partial charge in [-0.15, -0.1) is 23.1 Å². The van der Waals surface area contributed by atoms with Crippen LogP contribution in [0.1, 0.15) is 27.7 Å². The molecule has 0 radical (unpaired) electrons. The van der Waals surface area contributed by atoms with Gasteiger partial charge in [0.25, 0.3) is 5.91 Å². The number of anilines is 2.